The predicted octanol–water partition coefficient (Wildman–Crippen LogP) is 2.62. The highest BCUT2D eigenvalue weighted by Crippen LogP contribution is 2.20. The van der Waals surface area contributed by atoms with Crippen molar-refractivity contribution in [2.75, 3.05) is 49.1 Å². The summed E-state index contributed by atoms with van der Waals surface area (Å²) in [6, 6.07) is 11.6. The summed E-state index contributed by atoms with van der Waals surface area (Å²) in [6.45, 7) is 5.13. The fourth-order valence-corrected chi connectivity index (χ4v) is 3.80. The third kappa shape index (κ3) is 4.33. The summed E-state index contributed by atoms with van der Waals surface area (Å²) < 4.78 is 0. The summed E-state index contributed by atoms with van der Waals surface area (Å²) in [5.41, 5.74) is 0.996. The average Bonchev–Trinajstić information content (AvgIpc) is 3.25. The number of amides is 1. The molecule has 0 saturated carbocycles. The van der Waals surface area contributed by atoms with Gasteiger partial charge in [-0.2, -0.15) is 0 Å². The number of carbonyl (C=O) groups is 1. The number of piperazine rings is 1. The van der Waals surface area contributed by atoms with Gasteiger partial charge in [0.2, 0.25) is 5.91 Å². The Kier molecular flexibility index (Phi) is 5.43. The summed E-state index contributed by atoms with van der Waals surface area (Å²) >= 11 is 5.90. The van der Waals surface area contributed by atoms with E-state index in [-0.39, 0.29) is 5.91 Å². The van der Waals surface area contributed by atoms with Crippen LogP contribution in [0.4, 0.5) is 11.6 Å². The molecule has 2 aromatic rings. The second-order valence-electron chi connectivity index (χ2n) is 7.11. The van der Waals surface area contributed by atoms with E-state index in [0.29, 0.717) is 24.5 Å². The van der Waals surface area contributed by atoms with E-state index in [0.717, 1.165) is 43.4 Å². The van der Waals surface area contributed by atoms with Crippen molar-refractivity contribution in [1.29, 1.82) is 0 Å². The molecule has 0 aliphatic carbocycles. The topological polar surface area (TPSA) is 52.6 Å². The minimum absolute atomic E-state index is 0.160. The maximum absolute atomic E-state index is 12.5. The van der Waals surface area contributed by atoms with E-state index in [2.05, 4.69) is 26.1 Å². The normalized spacial score (nSPS) is 17.4. The van der Waals surface area contributed by atoms with Crippen LogP contribution in [0.2, 0.25) is 5.02 Å². The molecule has 6 nitrogen and oxygen atoms in total. The van der Waals surface area contributed by atoms with E-state index in [1.54, 1.807) is 0 Å². The third-order valence-electron chi connectivity index (χ3n) is 5.29. The number of halogens is 1. The first kappa shape index (κ1) is 18.0. The molecule has 2 saturated heterocycles. The lowest BCUT2D eigenvalue weighted by Crippen LogP contribution is -2.49. The number of hydrogen-bond acceptors (Lipinski definition) is 5. The van der Waals surface area contributed by atoms with Crippen molar-refractivity contribution < 1.29 is 4.79 Å². The van der Waals surface area contributed by atoms with Gasteiger partial charge in [-0.25, -0.2) is 0 Å². The maximum Gasteiger partial charge on any atom is 0.227 e. The SMILES string of the molecule is O=C(Cc1ccc(Cl)cc1)N1CCN(c2ccc(N3CCCC3)nn2)CC1. The molecule has 2 aliphatic heterocycles. The average molecular weight is 386 g/mol. The fraction of sp³-hybridized carbons (Fsp3) is 0.450. The molecule has 0 unspecified atom stereocenters. The highest BCUT2D eigenvalue weighted by molar-refractivity contribution is 6.30. The van der Waals surface area contributed by atoms with E-state index in [1.807, 2.05) is 35.2 Å². The van der Waals surface area contributed by atoms with Crippen molar-refractivity contribution in [1.82, 2.24) is 15.1 Å². The largest absolute Gasteiger partial charge is 0.355 e. The van der Waals surface area contributed by atoms with Crippen molar-refractivity contribution in [2.45, 2.75) is 19.3 Å². The quantitative estimate of drug-likeness (QED) is 0.809. The lowest BCUT2D eigenvalue weighted by atomic mass is 10.1. The van der Waals surface area contributed by atoms with Gasteiger partial charge in [-0.05, 0) is 42.7 Å². The number of aromatic nitrogens is 2. The molecule has 2 fully saturated rings. The third-order valence-corrected chi connectivity index (χ3v) is 5.54. The highest BCUT2D eigenvalue weighted by atomic mass is 35.5. The van der Waals surface area contributed by atoms with Gasteiger partial charge >= 0.3 is 0 Å². The number of hydrogen-bond donors (Lipinski definition) is 0. The van der Waals surface area contributed by atoms with Crippen LogP contribution >= 0.6 is 11.6 Å². The molecule has 1 aromatic carbocycles. The Hall–Kier alpha value is -2.34. The molecule has 1 amide bonds. The molecule has 7 heteroatoms. The van der Waals surface area contributed by atoms with Crippen LogP contribution in [0.1, 0.15) is 18.4 Å². The van der Waals surface area contributed by atoms with Crippen molar-refractivity contribution in [3.63, 3.8) is 0 Å². The first-order chi connectivity index (χ1) is 13.2. The van der Waals surface area contributed by atoms with Crippen LogP contribution in [0.3, 0.4) is 0 Å². The molecule has 0 N–H and O–H groups in total. The van der Waals surface area contributed by atoms with Crippen LogP contribution < -0.4 is 9.80 Å². The molecule has 2 aliphatic rings. The first-order valence-corrected chi connectivity index (χ1v) is 9.93. The van der Waals surface area contributed by atoms with Gasteiger partial charge in [-0.1, -0.05) is 23.7 Å². The van der Waals surface area contributed by atoms with Crippen molar-refractivity contribution in [3.8, 4) is 0 Å². The first-order valence-electron chi connectivity index (χ1n) is 9.55. The van der Waals surface area contributed by atoms with Crippen molar-refractivity contribution in [3.05, 3.63) is 47.0 Å². The van der Waals surface area contributed by atoms with Crippen LogP contribution in [-0.2, 0) is 11.2 Å². The van der Waals surface area contributed by atoms with Gasteiger partial charge in [0.15, 0.2) is 11.6 Å². The van der Waals surface area contributed by atoms with Gasteiger partial charge in [0, 0.05) is 44.3 Å². The highest BCUT2D eigenvalue weighted by Gasteiger charge is 2.22. The van der Waals surface area contributed by atoms with Crippen LogP contribution in [0.15, 0.2) is 36.4 Å². The maximum atomic E-state index is 12.5. The standard InChI is InChI=1S/C20H24ClN5O/c21-17-5-3-16(4-6-17)15-20(27)26-13-11-25(12-14-26)19-8-7-18(22-23-19)24-9-1-2-10-24/h3-8H,1-2,9-15H2. The Balaban J connectivity index is 1.30. The van der Waals surface area contributed by atoms with E-state index in [9.17, 15) is 4.79 Å². The lowest BCUT2D eigenvalue weighted by Gasteiger charge is -2.35. The Morgan fingerprint density at radius 3 is 1.93 bits per heavy atom. The summed E-state index contributed by atoms with van der Waals surface area (Å²) in [4.78, 5) is 18.9. The smallest absolute Gasteiger partial charge is 0.227 e. The molecule has 0 radical (unpaired) electrons. The van der Waals surface area contributed by atoms with E-state index in [1.165, 1.54) is 12.8 Å². The van der Waals surface area contributed by atoms with E-state index in [4.69, 9.17) is 11.6 Å². The molecule has 4 rings (SSSR count). The molecule has 1 aromatic heterocycles. The Morgan fingerprint density at radius 1 is 0.815 bits per heavy atom. The zero-order valence-electron chi connectivity index (χ0n) is 15.4. The molecular weight excluding hydrogens is 362 g/mol. The van der Waals surface area contributed by atoms with Crippen LogP contribution in [0.5, 0.6) is 0 Å². The minimum Gasteiger partial charge on any atom is -0.355 e. The van der Waals surface area contributed by atoms with Gasteiger partial charge in [-0.15, -0.1) is 10.2 Å². The summed E-state index contributed by atoms with van der Waals surface area (Å²) in [5, 5.41) is 9.50. The molecule has 0 atom stereocenters. The monoisotopic (exact) mass is 385 g/mol. The number of anilines is 2. The van der Waals surface area contributed by atoms with Gasteiger partial charge in [0.1, 0.15) is 0 Å². The van der Waals surface area contributed by atoms with Gasteiger partial charge in [0.25, 0.3) is 0 Å². The van der Waals surface area contributed by atoms with Crippen LogP contribution in [-0.4, -0.2) is 60.3 Å². The zero-order valence-corrected chi connectivity index (χ0v) is 16.1. The number of benzene rings is 1. The van der Waals surface area contributed by atoms with E-state index < -0.39 is 0 Å². The zero-order chi connectivity index (χ0) is 18.6. The summed E-state index contributed by atoms with van der Waals surface area (Å²) in [6.07, 6.45) is 2.88. The van der Waals surface area contributed by atoms with Gasteiger partial charge in [0.05, 0.1) is 6.42 Å². The molecule has 0 bridgehead atoms. The summed E-state index contributed by atoms with van der Waals surface area (Å²) in [7, 11) is 0. The second-order valence-corrected chi connectivity index (χ2v) is 7.55. The Morgan fingerprint density at radius 2 is 1.37 bits per heavy atom. The fourth-order valence-electron chi connectivity index (χ4n) is 3.68. The summed E-state index contributed by atoms with van der Waals surface area (Å²) in [5.74, 6) is 2.02. The number of rotatable bonds is 4. The number of carbonyl (C=O) groups excluding carboxylic acids is 1. The number of nitrogens with zero attached hydrogens (tertiary/aromatic N) is 5. The molecule has 0 spiro atoms. The lowest BCUT2D eigenvalue weighted by molar-refractivity contribution is -0.130. The van der Waals surface area contributed by atoms with Crippen LogP contribution in [0.25, 0.3) is 0 Å². The Labute approximate surface area is 164 Å². The second kappa shape index (κ2) is 8.13. The Bertz CT molecular complexity index is 766. The van der Waals surface area contributed by atoms with Crippen molar-refractivity contribution >= 4 is 29.1 Å². The molecule has 142 valence electrons. The van der Waals surface area contributed by atoms with E-state index >= 15 is 0 Å². The minimum atomic E-state index is 0.160. The van der Waals surface area contributed by atoms with Gasteiger partial charge < -0.3 is 14.7 Å². The molecular formula is C20H24ClN5O. The van der Waals surface area contributed by atoms with Crippen LogP contribution in [0, 0.1) is 0 Å². The molecule has 3 heterocycles. The van der Waals surface area contributed by atoms with Crippen molar-refractivity contribution in [2.24, 2.45) is 0 Å². The predicted molar refractivity (Wildman–Crippen MR) is 107 cm³/mol. The van der Waals surface area contributed by atoms with Gasteiger partial charge in [-0.3, -0.25) is 4.79 Å². The molecule has 27 heavy (non-hydrogen) atoms.